The van der Waals surface area contributed by atoms with Gasteiger partial charge in [0.2, 0.25) is 0 Å². The molecule has 1 aromatic carbocycles. The summed E-state index contributed by atoms with van der Waals surface area (Å²) in [6.07, 6.45) is -7.28. The van der Waals surface area contributed by atoms with E-state index >= 15 is 0 Å². The molecule has 2 N–H and O–H groups in total. The third-order valence-corrected chi connectivity index (χ3v) is 2.54. The van der Waals surface area contributed by atoms with E-state index in [9.17, 15) is 18.0 Å². The van der Waals surface area contributed by atoms with Gasteiger partial charge in [-0.25, -0.2) is 0 Å². The molecule has 18 heavy (non-hydrogen) atoms. The van der Waals surface area contributed by atoms with E-state index in [1.54, 1.807) is 32.0 Å². The van der Waals surface area contributed by atoms with Crippen LogP contribution in [0.2, 0.25) is 0 Å². The number of amides is 1. The lowest BCUT2D eigenvalue weighted by Crippen LogP contribution is -2.41. The fourth-order valence-electron chi connectivity index (χ4n) is 1.57. The Kier molecular flexibility index (Phi) is 4.34. The lowest BCUT2D eigenvalue weighted by atomic mass is 10.0. The molecule has 0 spiro atoms. The largest absolute Gasteiger partial charge is 0.416 e. The number of alkyl halides is 3. The molecule has 1 amide bonds. The molecule has 0 saturated heterocycles. The van der Waals surface area contributed by atoms with Gasteiger partial charge in [0.05, 0.1) is 6.54 Å². The number of carbonyl (C=O) groups excluding carboxylic acids is 1. The average Bonchev–Trinajstić information content (AvgIpc) is 2.24. The van der Waals surface area contributed by atoms with E-state index in [1.165, 1.54) is 0 Å². The van der Waals surface area contributed by atoms with Crippen LogP contribution in [0.4, 0.5) is 13.2 Å². The maximum atomic E-state index is 12.1. The highest BCUT2D eigenvalue weighted by Gasteiger charge is 2.38. The normalized spacial score (nSPS) is 13.2. The van der Waals surface area contributed by atoms with Crippen molar-refractivity contribution in [3.63, 3.8) is 0 Å². The van der Waals surface area contributed by atoms with E-state index in [4.69, 9.17) is 5.11 Å². The van der Waals surface area contributed by atoms with Gasteiger partial charge in [0.1, 0.15) is 0 Å². The van der Waals surface area contributed by atoms with Crippen LogP contribution in [0.15, 0.2) is 18.2 Å². The number of nitrogens with one attached hydrogen (secondary N) is 1. The first-order valence-corrected chi connectivity index (χ1v) is 5.32. The van der Waals surface area contributed by atoms with Crippen LogP contribution in [-0.4, -0.2) is 29.8 Å². The van der Waals surface area contributed by atoms with Crippen LogP contribution in [0.3, 0.4) is 0 Å². The zero-order valence-electron chi connectivity index (χ0n) is 10.0. The molecule has 100 valence electrons. The Labute approximate surface area is 103 Å². The second kappa shape index (κ2) is 5.39. The summed E-state index contributed by atoms with van der Waals surface area (Å²) < 4.78 is 36.2. The molecular formula is C12H14F3NO2. The van der Waals surface area contributed by atoms with E-state index in [1.807, 2.05) is 0 Å². The van der Waals surface area contributed by atoms with Crippen LogP contribution in [0.5, 0.6) is 0 Å². The fourth-order valence-corrected chi connectivity index (χ4v) is 1.57. The van der Waals surface area contributed by atoms with Crippen molar-refractivity contribution in [1.82, 2.24) is 5.32 Å². The standard InChI is InChI=1S/C12H14F3NO2/c1-7-4-3-5-8(2)10(7)11(18)16-6-9(17)12(13,14)15/h3-5,9,17H,6H2,1-2H3,(H,16,18). The second-order valence-electron chi connectivity index (χ2n) is 4.03. The van der Waals surface area contributed by atoms with Crippen LogP contribution in [-0.2, 0) is 0 Å². The van der Waals surface area contributed by atoms with Gasteiger partial charge in [-0.1, -0.05) is 18.2 Å². The number of aliphatic hydroxyl groups is 1. The van der Waals surface area contributed by atoms with Crippen molar-refractivity contribution in [2.24, 2.45) is 0 Å². The van der Waals surface area contributed by atoms with Gasteiger partial charge in [-0.3, -0.25) is 4.79 Å². The van der Waals surface area contributed by atoms with Crippen LogP contribution < -0.4 is 5.32 Å². The first-order chi connectivity index (χ1) is 8.23. The monoisotopic (exact) mass is 261 g/mol. The Morgan fingerprint density at radius 3 is 2.28 bits per heavy atom. The minimum absolute atomic E-state index is 0.340. The lowest BCUT2D eigenvalue weighted by molar-refractivity contribution is -0.201. The Bertz CT molecular complexity index is 423. The van der Waals surface area contributed by atoms with Crippen LogP contribution in [0.25, 0.3) is 0 Å². The average molecular weight is 261 g/mol. The quantitative estimate of drug-likeness (QED) is 0.873. The highest BCUT2D eigenvalue weighted by molar-refractivity contribution is 5.97. The number of hydrogen-bond acceptors (Lipinski definition) is 2. The highest BCUT2D eigenvalue weighted by Crippen LogP contribution is 2.19. The molecule has 0 saturated carbocycles. The van der Waals surface area contributed by atoms with Gasteiger partial charge in [-0.15, -0.1) is 0 Å². The van der Waals surface area contributed by atoms with Crippen molar-refractivity contribution in [2.75, 3.05) is 6.54 Å². The van der Waals surface area contributed by atoms with Gasteiger partial charge < -0.3 is 10.4 Å². The highest BCUT2D eigenvalue weighted by atomic mass is 19.4. The number of rotatable bonds is 3. The van der Waals surface area contributed by atoms with Gasteiger partial charge in [0.25, 0.3) is 5.91 Å². The molecule has 1 rings (SSSR count). The second-order valence-corrected chi connectivity index (χ2v) is 4.03. The predicted molar refractivity (Wildman–Crippen MR) is 60.3 cm³/mol. The summed E-state index contributed by atoms with van der Waals surface area (Å²) in [5, 5.41) is 10.9. The molecule has 0 fully saturated rings. The summed E-state index contributed by atoms with van der Waals surface area (Å²) >= 11 is 0. The van der Waals surface area contributed by atoms with Crippen molar-refractivity contribution in [1.29, 1.82) is 0 Å². The first-order valence-electron chi connectivity index (χ1n) is 5.32. The van der Waals surface area contributed by atoms with Crippen LogP contribution in [0.1, 0.15) is 21.5 Å². The Morgan fingerprint density at radius 1 is 1.33 bits per heavy atom. The molecule has 0 radical (unpaired) electrons. The van der Waals surface area contributed by atoms with E-state index in [-0.39, 0.29) is 0 Å². The van der Waals surface area contributed by atoms with Gasteiger partial charge in [0, 0.05) is 5.56 Å². The minimum Gasteiger partial charge on any atom is -0.382 e. The SMILES string of the molecule is Cc1cccc(C)c1C(=O)NCC(O)C(F)(F)F. The van der Waals surface area contributed by atoms with Crippen LogP contribution in [0, 0.1) is 13.8 Å². The zero-order valence-corrected chi connectivity index (χ0v) is 10.0. The van der Waals surface area contributed by atoms with E-state index in [0.29, 0.717) is 16.7 Å². The summed E-state index contributed by atoms with van der Waals surface area (Å²) in [5.74, 6) is -0.617. The van der Waals surface area contributed by atoms with E-state index < -0.39 is 24.7 Å². The number of hydrogen-bond donors (Lipinski definition) is 2. The molecule has 0 bridgehead atoms. The molecule has 0 aromatic heterocycles. The molecule has 0 heterocycles. The molecule has 1 unspecified atom stereocenters. The van der Waals surface area contributed by atoms with Crippen molar-refractivity contribution in [3.8, 4) is 0 Å². The maximum absolute atomic E-state index is 12.1. The lowest BCUT2D eigenvalue weighted by Gasteiger charge is -2.16. The summed E-state index contributed by atoms with van der Waals surface area (Å²) in [4.78, 5) is 11.7. The molecule has 0 aliphatic heterocycles. The summed E-state index contributed by atoms with van der Waals surface area (Å²) in [6.45, 7) is 2.54. The topological polar surface area (TPSA) is 49.3 Å². The number of aryl methyl sites for hydroxylation is 2. The molecular weight excluding hydrogens is 247 g/mol. The maximum Gasteiger partial charge on any atom is 0.416 e. The Morgan fingerprint density at radius 2 is 1.83 bits per heavy atom. The van der Waals surface area contributed by atoms with Crippen molar-refractivity contribution >= 4 is 5.91 Å². The smallest absolute Gasteiger partial charge is 0.382 e. The van der Waals surface area contributed by atoms with Crippen molar-refractivity contribution in [2.45, 2.75) is 26.1 Å². The third kappa shape index (κ3) is 3.46. The fraction of sp³-hybridized carbons (Fsp3) is 0.417. The van der Waals surface area contributed by atoms with Gasteiger partial charge in [0.15, 0.2) is 6.10 Å². The van der Waals surface area contributed by atoms with Crippen LogP contribution >= 0.6 is 0 Å². The number of carbonyl (C=O) groups is 1. The van der Waals surface area contributed by atoms with Gasteiger partial charge >= 0.3 is 6.18 Å². The third-order valence-electron chi connectivity index (χ3n) is 2.54. The Hall–Kier alpha value is -1.56. The minimum atomic E-state index is -4.73. The van der Waals surface area contributed by atoms with E-state index in [2.05, 4.69) is 5.32 Å². The summed E-state index contributed by atoms with van der Waals surface area (Å²) in [5.41, 5.74) is 1.69. The van der Waals surface area contributed by atoms with Crippen molar-refractivity contribution < 1.29 is 23.1 Å². The Balaban J connectivity index is 2.73. The van der Waals surface area contributed by atoms with Gasteiger partial charge in [-0.2, -0.15) is 13.2 Å². The van der Waals surface area contributed by atoms with E-state index in [0.717, 1.165) is 0 Å². The molecule has 0 aliphatic carbocycles. The summed E-state index contributed by atoms with van der Waals surface area (Å²) in [7, 11) is 0. The molecule has 1 aromatic rings. The number of halogens is 3. The number of benzene rings is 1. The molecule has 6 heteroatoms. The molecule has 0 aliphatic rings. The molecule has 3 nitrogen and oxygen atoms in total. The number of aliphatic hydroxyl groups excluding tert-OH is 1. The van der Waals surface area contributed by atoms with Gasteiger partial charge in [-0.05, 0) is 25.0 Å². The molecule has 1 atom stereocenters. The first kappa shape index (κ1) is 14.5. The predicted octanol–water partition coefficient (Wildman–Crippen LogP) is 1.96. The van der Waals surface area contributed by atoms with Crippen molar-refractivity contribution in [3.05, 3.63) is 34.9 Å². The zero-order chi connectivity index (χ0) is 13.9. The summed E-state index contributed by atoms with van der Waals surface area (Å²) in [6, 6.07) is 5.15.